The van der Waals surface area contributed by atoms with E-state index in [1.807, 2.05) is 0 Å². The Morgan fingerprint density at radius 3 is 2.76 bits per heavy atom. The van der Waals surface area contributed by atoms with Crippen LogP contribution in [0.15, 0.2) is 18.2 Å². The molecule has 1 aromatic rings. The van der Waals surface area contributed by atoms with Crippen molar-refractivity contribution in [2.24, 2.45) is 5.41 Å². The summed E-state index contributed by atoms with van der Waals surface area (Å²) in [5.41, 5.74) is 1.05. The maximum Gasteiger partial charge on any atom is 0.146 e. The number of benzene rings is 1. The van der Waals surface area contributed by atoms with Gasteiger partial charge in [-0.3, -0.25) is 0 Å². The molecule has 0 aromatic heterocycles. The maximum absolute atomic E-state index is 13.6. The molecule has 1 saturated carbocycles. The molecule has 1 aromatic carbocycles. The molecule has 0 amide bonds. The molecular formula is C14H19ClFN. The molecule has 0 unspecified atom stereocenters. The van der Waals surface area contributed by atoms with Gasteiger partial charge in [0.1, 0.15) is 5.82 Å². The Labute approximate surface area is 107 Å². The topological polar surface area (TPSA) is 12.0 Å². The van der Waals surface area contributed by atoms with E-state index < -0.39 is 0 Å². The van der Waals surface area contributed by atoms with E-state index in [2.05, 4.69) is 12.2 Å². The fourth-order valence-corrected chi connectivity index (χ4v) is 2.78. The van der Waals surface area contributed by atoms with Crippen LogP contribution in [0.25, 0.3) is 0 Å². The van der Waals surface area contributed by atoms with Crippen molar-refractivity contribution in [3.8, 4) is 0 Å². The summed E-state index contributed by atoms with van der Waals surface area (Å²) in [5, 5.41) is 3.56. The second-order valence-corrected chi connectivity index (χ2v) is 5.74. The first-order valence-electron chi connectivity index (χ1n) is 6.24. The van der Waals surface area contributed by atoms with Crippen molar-refractivity contribution in [2.75, 3.05) is 6.54 Å². The monoisotopic (exact) mass is 255 g/mol. The Kier molecular flexibility index (Phi) is 4.05. The van der Waals surface area contributed by atoms with Crippen molar-refractivity contribution in [1.82, 2.24) is 5.32 Å². The van der Waals surface area contributed by atoms with Gasteiger partial charge in [0, 0.05) is 18.7 Å². The number of rotatable bonds is 4. The highest BCUT2D eigenvalue weighted by Gasteiger charge is 2.27. The average molecular weight is 256 g/mol. The lowest BCUT2D eigenvalue weighted by Gasteiger charge is -2.23. The van der Waals surface area contributed by atoms with Crippen molar-refractivity contribution in [3.63, 3.8) is 0 Å². The van der Waals surface area contributed by atoms with E-state index in [4.69, 9.17) is 11.6 Å². The second-order valence-electron chi connectivity index (χ2n) is 5.33. The minimum Gasteiger partial charge on any atom is -0.312 e. The van der Waals surface area contributed by atoms with Crippen LogP contribution in [-0.2, 0) is 6.54 Å². The molecule has 0 bridgehead atoms. The van der Waals surface area contributed by atoms with Crippen LogP contribution in [0.3, 0.4) is 0 Å². The molecule has 17 heavy (non-hydrogen) atoms. The highest BCUT2D eigenvalue weighted by atomic mass is 35.5. The Morgan fingerprint density at radius 1 is 1.35 bits per heavy atom. The molecule has 1 N–H and O–H groups in total. The standard InChI is InChI=1S/C14H19ClFN/c1-14(7-2-3-8-14)10-17-9-11-5-4-6-12(15)13(11)16/h4-6,17H,2-3,7-10H2,1H3. The summed E-state index contributed by atoms with van der Waals surface area (Å²) in [6, 6.07) is 5.16. The van der Waals surface area contributed by atoms with E-state index in [-0.39, 0.29) is 10.8 Å². The van der Waals surface area contributed by atoms with Crippen LogP contribution in [0.1, 0.15) is 38.2 Å². The molecule has 1 fully saturated rings. The molecule has 1 aliphatic rings. The van der Waals surface area contributed by atoms with Crippen LogP contribution in [-0.4, -0.2) is 6.54 Å². The first-order valence-corrected chi connectivity index (χ1v) is 6.62. The highest BCUT2D eigenvalue weighted by Crippen LogP contribution is 2.36. The van der Waals surface area contributed by atoms with E-state index in [1.165, 1.54) is 25.7 Å². The van der Waals surface area contributed by atoms with Gasteiger partial charge in [0.2, 0.25) is 0 Å². The largest absolute Gasteiger partial charge is 0.312 e. The third kappa shape index (κ3) is 3.20. The van der Waals surface area contributed by atoms with Crippen molar-refractivity contribution in [2.45, 2.75) is 39.2 Å². The fourth-order valence-electron chi connectivity index (χ4n) is 2.59. The molecule has 0 radical (unpaired) electrons. The first kappa shape index (κ1) is 12.8. The molecule has 0 spiro atoms. The van der Waals surface area contributed by atoms with Crippen molar-refractivity contribution < 1.29 is 4.39 Å². The molecule has 1 nitrogen and oxygen atoms in total. The molecule has 94 valence electrons. The normalized spacial score (nSPS) is 18.5. The fraction of sp³-hybridized carbons (Fsp3) is 0.571. The SMILES string of the molecule is CC1(CNCc2cccc(Cl)c2F)CCCC1. The minimum absolute atomic E-state index is 0.205. The van der Waals surface area contributed by atoms with Crippen LogP contribution in [0.4, 0.5) is 4.39 Å². The van der Waals surface area contributed by atoms with Gasteiger partial charge in [0.25, 0.3) is 0 Å². The average Bonchev–Trinajstić information content (AvgIpc) is 2.72. The Hall–Kier alpha value is -0.600. The van der Waals surface area contributed by atoms with Gasteiger partial charge in [-0.15, -0.1) is 0 Å². The molecule has 0 heterocycles. The lowest BCUT2D eigenvalue weighted by molar-refractivity contribution is 0.314. The van der Waals surface area contributed by atoms with Gasteiger partial charge in [-0.2, -0.15) is 0 Å². The van der Waals surface area contributed by atoms with Gasteiger partial charge in [-0.05, 0) is 24.3 Å². The number of halogens is 2. The quantitative estimate of drug-likeness (QED) is 0.852. The van der Waals surface area contributed by atoms with Gasteiger partial charge in [0.05, 0.1) is 5.02 Å². The number of nitrogens with one attached hydrogen (secondary N) is 1. The first-order chi connectivity index (χ1) is 8.11. The third-order valence-electron chi connectivity index (χ3n) is 3.71. The predicted octanol–water partition coefficient (Wildman–Crippen LogP) is 4.15. The zero-order valence-electron chi connectivity index (χ0n) is 10.2. The van der Waals surface area contributed by atoms with Gasteiger partial charge in [0.15, 0.2) is 0 Å². The lowest BCUT2D eigenvalue weighted by atomic mass is 9.89. The Bertz CT molecular complexity index is 386. The van der Waals surface area contributed by atoms with Crippen molar-refractivity contribution in [3.05, 3.63) is 34.6 Å². The smallest absolute Gasteiger partial charge is 0.146 e. The summed E-state index contributed by atoms with van der Waals surface area (Å²) >= 11 is 5.74. The second kappa shape index (κ2) is 5.36. The van der Waals surface area contributed by atoms with Gasteiger partial charge < -0.3 is 5.32 Å². The van der Waals surface area contributed by atoms with Gasteiger partial charge in [-0.25, -0.2) is 4.39 Å². The minimum atomic E-state index is -0.293. The summed E-state index contributed by atoms with van der Waals surface area (Å²) in [6.07, 6.45) is 5.20. The summed E-state index contributed by atoms with van der Waals surface area (Å²) in [4.78, 5) is 0. The molecule has 1 aliphatic carbocycles. The van der Waals surface area contributed by atoms with Crippen LogP contribution in [0, 0.1) is 11.2 Å². The zero-order chi connectivity index (χ0) is 12.3. The third-order valence-corrected chi connectivity index (χ3v) is 4.00. The maximum atomic E-state index is 13.6. The van der Waals surface area contributed by atoms with Crippen LogP contribution in [0.2, 0.25) is 5.02 Å². The Morgan fingerprint density at radius 2 is 2.06 bits per heavy atom. The molecule has 0 saturated heterocycles. The summed E-state index contributed by atoms with van der Waals surface area (Å²) < 4.78 is 13.6. The van der Waals surface area contributed by atoms with E-state index in [1.54, 1.807) is 18.2 Å². The number of hydrogen-bond acceptors (Lipinski definition) is 1. The van der Waals surface area contributed by atoms with Crippen LogP contribution in [0.5, 0.6) is 0 Å². The van der Waals surface area contributed by atoms with Crippen LogP contribution < -0.4 is 5.32 Å². The van der Waals surface area contributed by atoms with E-state index in [0.29, 0.717) is 17.5 Å². The molecule has 0 aliphatic heterocycles. The number of hydrogen-bond donors (Lipinski definition) is 1. The summed E-state index contributed by atoms with van der Waals surface area (Å²) in [5.74, 6) is -0.293. The van der Waals surface area contributed by atoms with E-state index in [0.717, 1.165) is 6.54 Å². The van der Waals surface area contributed by atoms with E-state index in [9.17, 15) is 4.39 Å². The van der Waals surface area contributed by atoms with Crippen LogP contribution >= 0.6 is 11.6 Å². The van der Waals surface area contributed by atoms with Gasteiger partial charge >= 0.3 is 0 Å². The summed E-state index contributed by atoms with van der Waals surface area (Å²) in [7, 11) is 0. The molecule has 0 atom stereocenters. The zero-order valence-corrected chi connectivity index (χ0v) is 11.0. The lowest BCUT2D eigenvalue weighted by Crippen LogP contribution is -2.29. The van der Waals surface area contributed by atoms with Crippen molar-refractivity contribution >= 4 is 11.6 Å². The molecule has 2 rings (SSSR count). The van der Waals surface area contributed by atoms with Gasteiger partial charge in [-0.1, -0.05) is 43.5 Å². The molecular weight excluding hydrogens is 237 g/mol. The highest BCUT2D eigenvalue weighted by molar-refractivity contribution is 6.30. The predicted molar refractivity (Wildman–Crippen MR) is 69.7 cm³/mol. The molecule has 3 heteroatoms. The van der Waals surface area contributed by atoms with Crippen molar-refractivity contribution in [1.29, 1.82) is 0 Å². The Balaban J connectivity index is 1.88. The van der Waals surface area contributed by atoms with E-state index >= 15 is 0 Å². The summed E-state index contributed by atoms with van der Waals surface area (Å²) in [6.45, 7) is 3.82.